The van der Waals surface area contributed by atoms with Crippen molar-refractivity contribution < 1.29 is 9.53 Å². The van der Waals surface area contributed by atoms with Crippen LogP contribution in [0.5, 0.6) is 5.75 Å². The molecule has 0 fully saturated rings. The molecule has 1 aliphatic rings. The van der Waals surface area contributed by atoms with Crippen LogP contribution in [0.3, 0.4) is 0 Å². The fourth-order valence-electron chi connectivity index (χ4n) is 3.91. The Hall–Kier alpha value is -2.87. The molecule has 144 valence electrons. The standard InChI is InChI=1S/C26H28O2/c1-4-8-24-22(13-15-25(24)21-9-6-5-7-10-21)12-14-23(27)18-20-11-16-26(28-3)19(2)17-20/h4-7,9-11,13,15-17,24H,1,8,12,14,18H2,2-3H3. The van der Waals surface area contributed by atoms with Crippen LogP contribution >= 0.6 is 0 Å². The van der Waals surface area contributed by atoms with E-state index in [1.54, 1.807) is 7.11 Å². The van der Waals surface area contributed by atoms with Gasteiger partial charge in [0, 0.05) is 18.8 Å². The Morgan fingerprint density at radius 2 is 1.93 bits per heavy atom. The summed E-state index contributed by atoms with van der Waals surface area (Å²) in [5, 5.41) is 0. The molecule has 0 bridgehead atoms. The van der Waals surface area contributed by atoms with E-state index < -0.39 is 0 Å². The Balaban J connectivity index is 1.60. The molecular formula is C26H28O2. The van der Waals surface area contributed by atoms with Gasteiger partial charge in [0.25, 0.3) is 0 Å². The monoisotopic (exact) mass is 372 g/mol. The van der Waals surface area contributed by atoms with Crippen molar-refractivity contribution in [2.24, 2.45) is 5.92 Å². The van der Waals surface area contributed by atoms with E-state index >= 15 is 0 Å². The molecule has 1 atom stereocenters. The minimum absolute atomic E-state index is 0.274. The van der Waals surface area contributed by atoms with Crippen molar-refractivity contribution in [3.63, 3.8) is 0 Å². The summed E-state index contributed by atoms with van der Waals surface area (Å²) in [4.78, 5) is 12.6. The lowest BCUT2D eigenvalue weighted by Gasteiger charge is -2.18. The minimum atomic E-state index is 0.274. The zero-order valence-electron chi connectivity index (χ0n) is 16.8. The summed E-state index contributed by atoms with van der Waals surface area (Å²) in [6, 6.07) is 16.4. The molecule has 0 spiro atoms. The normalized spacial score (nSPS) is 15.7. The zero-order chi connectivity index (χ0) is 19.9. The zero-order valence-corrected chi connectivity index (χ0v) is 16.8. The Kier molecular flexibility index (Phi) is 6.65. The predicted molar refractivity (Wildman–Crippen MR) is 116 cm³/mol. The highest BCUT2D eigenvalue weighted by Gasteiger charge is 2.23. The molecule has 2 aromatic rings. The SMILES string of the molecule is C=CCC1C(CCC(=O)Cc2ccc(OC)c(C)c2)=CC=C1c1ccccc1. The third-order valence-electron chi connectivity index (χ3n) is 5.36. The van der Waals surface area contributed by atoms with Crippen molar-refractivity contribution in [3.05, 3.63) is 95.6 Å². The molecule has 2 aromatic carbocycles. The molecule has 0 heterocycles. The second-order valence-corrected chi connectivity index (χ2v) is 7.33. The Labute approximate surface area is 168 Å². The van der Waals surface area contributed by atoms with Gasteiger partial charge in [0.1, 0.15) is 11.5 Å². The van der Waals surface area contributed by atoms with Crippen molar-refractivity contribution in [2.75, 3.05) is 7.11 Å². The maximum absolute atomic E-state index is 12.6. The quantitative estimate of drug-likeness (QED) is 0.496. The number of ketones is 1. The summed E-state index contributed by atoms with van der Waals surface area (Å²) in [7, 11) is 1.67. The van der Waals surface area contributed by atoms with E-state index in [-0.39, 0.29) is 5.78 Å². The van der Waals surface area contributed by atoms with Crippen molar-refractivity contribution in [2.45, 2.75) is 32.6 Å². The number of hydrogen-bond acceptors (Lipinski definition) is 2. The molecule has 0 aliphatic heterocycles. The van der Waals surface area contributed by atoms with Gasteiger partial charge in [-0.05, 0) is 48.1 Å². The molecule has 0 amide bonds. The highest BCUT2D eigenvalue weighted by atomic mass is 16.5. The molecule has 1 unspecified atom stereocenters. The summed E-state index contributed by atoms with van der Waals surface area (Å²) in [6.07, 6.45) is 9.13. The number of rotatable bonds is 9. The number of benzene rings is 2. The van der Waals surface area contributed by atoms with Crippen LogP contribution in [0.4, 0.5) is 0 Å². The van der Waals surface area contributed by atoms with Crippen molar-refractivity contribution in [1.82, 2.24) is 0 Å². The molecule has 0 N–H and O–H groups in total. The van der Waals surface area contributed by atoms with Gasteiger partial charge in [0.2, 0.25) is 0 Å². The molecule has 0 saturated heterocycles. The van der Waals surface area contributed by atoms with Crippen LogP contribution in [0.2, 0.25) is 0 Å². The maximum atomic E-state index is 12.6. The molecule has 2 heteroatoms. The molecule has 28 heavy (non-hydrogen) atoms. The first kappa shape index (κ1) is 19.9. The van der Waals surface area contributed by atoms with Gasteiger partial charge in [-0.1, -0.05) is 66.3 Å². The van der Waals surface area contributed by atoms with Crippen molar-refractivity contribution in [3.8, 4) is 5.75 Å². The lowest BCUT2D eigenvalue weighted by Crippen LogP contribution is -2.07. The predicted octanol–water partition coefficient (Wildman–Crippen LogP) is 6.11. The summed E-state index contributed by atoms with van der Waals surface area (Å²) in [5.74, 6) is 1.46. The first-order valence-electron chi connectivity index (χ1n) is 9.84. The van der Waals surface area contributed by atoms with Crippen molar-refractivity contribution >= 4 is 11.4 Å². The van der Waals surface area contributed by atoms with Crippen LogP contribution in [0.25, 0.3) is 5.57 Å². The van der Waals surface area contributed by atoms with Crippen LogP contribution in [-0.4, -0.2) is 12.9 Å². The average Bonchev–Trinajstić information content (AvgIpc) is 3.10. The first-order valence-corrected chi connectivity index (χ1v) is 9.84. The maximum Gasteiger partial charge on any atom is 0.137 e. The van der Waals surface area contributed by atoms with E-state index in [9.17, 15) is 4.79 Å². The molecule has 1 aliphatic carbocycles. The second kappa shape index (κ2) is 9.36. The Morgan fingerprint density at radius 1 is 1.14 bits per heavy atom. The van der Waals surface area contributed by atoms with Gasteiger partial charge < -0.3 is 4.74 Å². The summed E-state index contributed by atoms with van der Waals surface area (Å²) < 4.78 is 5.29. The van der Waals surface area contributed by atoms with Crippen LogP contribution < -0.4 is 4.74 Å². The minimum Gasteiger partial charge on any atom is -0.496 e. The molecule has 0 radical (unpaired) electrons. The van der Waals surface area contributed by atoms with E-state index in [1.807, 2.05) is 37.3 Å². The van der Waals surface area contributed by atoms with Gasteiger partial charge in [-0.3, -0.25) is 4.79 Å². The lowest BCUT2D eigenvalue weighted by molar-refractivity contribution is -0.118. The van der Waals surface area contributed by atoms with Crippen LogP contribution in [0.15, 0.2) is 78.9 Å². The van der Waals surface area contributed by atoms with E-state index in [2.05, 4.69) is 43.0 Å². The van der Waals surface area contributed by atoms with Gasteiger partial charge in [0.15, 0.2) is 0 Å². The number of methoxy groups -OCH3 is 1. The van der Waals surface area contributed by atoms with Gasteiger partial charge >= 0.3 is 0 Å². The van der Waals surface area contributed by atoms with Gasteiger partial charge in [-0.2, -0.15) is 0 Å². The molecule has 3 rings (SSSR count). The number of Topliss-reactive ketones (excluding diaryl/α,β-unsaturated/α-hetero) is 1. The average molecular weight is 373 g/mol. The van der Waals surface area contributed by atoms with Gasteiger partial charge in [-0.25, -0.2) is 0 Å². The van der Waals surface area contributed by atoms with Crippen LogP contribution in [-0.2, 0) is 11.2 Å². The summed E-state index contributed by atoms with van der Waals surface area (Å²) in [5.41, 5.74) is 6.02. The fourth-order valence-corrected chi connectivity index (χ4v) is 3.91. The van der Waals surface area contributed by atoms with Gasteiger partial charge in [-0.15, -0.1) is 6.58 Å². The Bertz CT molecular complexity index is 903. The molecular weight excluding hydrogens is 344 g/mol. The van der Waals surface area contributed by atoms with E-state index in [1.165, 1.54) is 16.7 Å². The summed E-state index contributed by atoms with van der Waals surface area (Å²) >= 11 is 0. The van der Waals surface area contributed by atoms with Crippen LogP contribution in [0, 0.1) is 12.8 Å². The highest BCUT2D eigenvalue weighted by molar-refractivity contribution is 5.82. The largest absolute Gasteiger partial charge is 0.496 e. The van der Waals surface area contributed by atoms with E-state index in [4.69, 9.17) is 4.74 Å². The third kappa shape index (κ3) is 4.69. The van der Waals surface area contributed by atoms with E-state index in [0.29, 0.717) is 18.8 Å². The lowest BCUT2D eigenvalue weighted by atomic mass is 9.86. The number of carbonyl (C=O) groups is 1. The summed E-state index contributed by atoms with van der Waals surface area (Å²) in [6.45, 7) is 5.94. The molecule has 2 nitrogen and oxygen atoms in total. The number of carbonyl (C=O) groups excluding carboxylic acids is 1. The van der Waals surface area contributed by atoms with Crippen molar-refractivity contribution in [1.29, 1.82) is 0 Å². The fraction of sp³-hybridized carbons (Fsp3) is 0.269. The van der Waals surface area contributed by atoms with Crippen LogP contribution in [0.1, 0.15) is 36.0 Å². The second-order valence-electron chi connectivity index (χ2n) is 7.33. The third-order valence-corrected chi connectivity index (χ3v) is 5.36. The topological polar surface area (TPSA) is 26.3 Å². The smallest absolute Gasteiger partial charge is 0.137 e. The number of aryl methyl sites for hydroxylation is 1. The Morgan fingerprint density at radius 3 is 2.61 bits per heavy atom. The molecule has 0 aromatic heterocycles. The first-order chi connectivity index (χ1) is 13.6. The highest BCUT2D eigenvalue weighted by Crippen LogP contribution is 2.39. The van der Waals surface area contributed by atoms with Gasteiger partial charge in [0.05, 0.1) is 7.11 Å². The number of ether oxygens (including phenoxy) is 1. The number of hydrogen-bond donors (Lipinski definition) is 0. The van der Waals surface area contributed by atoms with E-state index in [0.717, 1.165) is 29.7 Å². The number of allylic oxidation sites excluding steroid dienone is 5. The molecule has 0 saturated carbocycles.